The van der Waals surface area contributed by atoms with Crippen LogP contribution in [0.3, 0.4) is 0 Å². The van der Waals surface area contributed by atoms with Crippen LogP contribution in [0.25, 0.3) is 0 Å². The summed E-state index contributed by atoms with van der Waals surface area (Å²) < 4.78 is 0. The number of aryl methyl sites for hydroxylation is 1. The molecule has 1 unspecified atom stereocenters. The molecule has 2 rings (SSSR count). The molecule has 1 aromatic carbocycles. The first-order chi connectivity index (χ1) is 6.84. The monoisotopic (exact) mass is 207 g/mol. The molecule has 1 N–H and O–H groups in total. The molecule has 0 radical (unpaired) electrons. The molecule has 0 aliphatic carbocycles. The van der Waals surface area contributed by atoms with Crippen LogP contribution in [0.4, 0.5) is 0 Å². The summed E-state index contributed by atoms with van der Waals surface area (Å²) in [5.41, 5.74) is 1.34. The van der Waals surface area contributed by atoms with Gasteiger partial charge in [0.05, 0.1) is 0 Å². The van der Waals surface area contributed by atoms with Crippen molar-refractivity contribution in [1.29, 1.82) is 0 Å². The van der Waals surface area contributed by atoms with Crippen LogP contribution in [0.1, 0.15) is 18.4 Å². The van der Waals surface area contributed by atoms with Crippen LogP contribution in [0, 0.1) is 6.92 Å². The summed E-state index contributed by atoms with van der Waals surface area (Å²) in [6.07, 6.45) is 2.68. The number of nitrogens with one attached hydrogen (secondary N) is 1. The lowest BCUT2D eigenvalue weighted by Crippen LogP contribution is -2.31. The standard InChI is InChI=1S/C12H17NS/c1-10-4-6-11(7-5-10)14-12-3-2-8-13-9-12/h4-7,12-13H,2-3,8-9H2,1H3. The van der Waals surface area contributed by atoms with Gasteiger partial charge in [-0.25, -0.2) is 0 Å². The zero-order valence-corrected chi connectivity index (χ0v) is 9.44. The normalized spacial score (nSPS) is 22.2. The molecular formula is C12H17NS. The molecule has 14 heavy (non-hydrogen) atoms. The summed E-state index contributed by atoms with van der Waals surface area (Å²) in [6, 6.07) is 8.85. The fraction of sp³-hybridized carbons (Fsp3) is 0.500. The molecule has 1 aromatic rings. The van der Waals surface area contributed by atoms with Crippen LogP contribution in [-0.2, 0) is 0 Å². The van der Waals surface area contributed by atoms with E-state index in [1.165, 1.54) is 36.4 Å². The lowest BCUT2D eigenvalue weighted by Gasteiger charge is -2.22. The Morgan fingerprint density at radius 2 is 2.07 bits per heavy atom. The van der Waals surface area contributed by atoms with Gasteiger partial charge in [-0.15, -0.1) is 11.8 Å². The Morgan fingerprint density at radius 3 is 2.71 bits per heavy atom. The fourth-order valence-electron chi connectivity index (χ4n) is 1.73. The molecule has 0 aromatic heterocycles. The van der Waals surface area contributed by atoms with E-state index in [1.54, 1.807) is 0 Å². The van der Waals surface area contributed by atoms with Crippen molar-refractivity contribution < 1.29 is 0 Å². The molecule has 76 valence electrons. The molecule has 2 heteroatoms. The number of hydrogen-bond acceptors (Lipinski definition) is 2. The summed E-state index contributed by atoms with van der Waals surface area (Å²) in [5.74, 6) is 0. The predicted molar refractivity (Wildman–Crippen MR) is 62.9 cm³/mol. The van der Waals surface area contributed by atoms with Crippen molar-refractivity contribution in [3.8, 4) is 0 Å². The molecule has 1 heterocycles. The van der Waals surface area contributed by atoms with Crippen LogP contribution >= 0.6 is 11.8 Å². The lowest BCUT2D eigenvalue weighted by atomic mass is 10.2. The average Bonchev–Trinajstić information content (AvgIpc) is 2.23. The Hall–Kier alpha value is -0.470. The van der Waals surface area contributed by atoms with Gasteiger partial charge in [-0.2, -0.15) is 0 Å². The third-order valence-electron chi connectivity index (χ3n) is 2.58. The molecule has 1 nitrogen and oxygen atoms in total. The molecule has 0 amide bonds. The maximum absolute atomic E-state index is 3.45. The predicted octanol–water partition coefficient (Wildman–Crippen LogP) is 2.84. The number of rotatable bonds is 2. The highest BCUT2D eigenvalue weighted by molar-refractivity contribution is 8.00. The average molecular weight is 207 g/mol. The Kier molecular flexibility index (Phi) is 3.49. The highest BCUT2D eigenvalue weighted by Gasteiger charge is 2.13. The van der Waals surface area contributed by atoms with E-state index in [0.29, 0.717) is 0 Å². The highest BCUT2D eigenvalue weighted by Crippen LogP contribution is 2.27. The molecule has 0 saturated carbocycles. The minimum atomic E-state index is 0.770. The zero-order chi connectivity index (χ0) is 9.80. The molecule has 1 aliphatic heterocycles. The van der Waals surface area contributed by atoms with Gasteiger partial charge in [-0.3, -0.25) is 0 Å². The van der Waals surface area contributed by atoms with E-state index in [2.05, 4.69) is 36.5 Å². The first kappa shape index (κ1) is 10.1. The van der Waals surface area contributed by atoms with Crippen molar-refractivity contribution in [2.75, 3.05) is 13.1 Å². The Labute approximate surface area is 90.3 Å². The van der Waals surface area contributed by atoms with Gasteiger partial charge in [0.1, 0.15) is 0 Å². The quantitative estimate of drug-likeness (QED) is 0.800. The van der Waals surface area contributed by atoms with Crippen LogP contribution in [0.15, 0.2) is 29.2 Å². The maximum Gasteiger partial charge on any atom is 0.0220 e. The van der Waals surface area contributed by atoms with E-state index in [1.807, 2.05) is 11.8 Å². The summed E-state index contributed by atoms with van der Waals surface area (Å²) in [6.45, 7) is 4.50. The van der Waals surface area contributed by atoms with Gasteiger partial charge in [0.15, 0.2) is 0 Å². The Bertz CT molecular complexity index is 275. The van der Waals surface area contributed by atoms with Crippen molar-refractivity contribution in [2.24, 2.45) is 0 Å². The number of thioether (sulfide) groups is 1. The van der Waals surface area contributed by atoms with E-state index in [0.717, 1.165) is 5.25 Å². The van der Waals surface area contributed by atoms with Gasteiger partial charge >= 0.3 is 0 Å². The first-order valence-corrected chi connectivity index (χ1v) is 6.16. The molecule has 1 aliphatic rings. The van der Waals surface area contributed by atoms with Gasteiger partial charge in [-0.05, 0) is 38.4 Å². The minimum Gasteiger partial charge on any atom is -0.316 e. The van der Waals surface area contributed by atoms with E-state index >= 15 is 0 Å². The second-order valence-electron chi connectivity index (χ2n) is 3.90. The third kappa shape index (κ3) is 2.76. The van der Waals surface area contributed by atoms with Gasteiger partial charge < -0.3 is 5.32 Å². The zero-order valence-electron chi connectivity index (χ0n) is 8.62. The Balaban J connectivity index is 1.92. The molecular weight excluding hydrogens is 190 g/mol. The second-order valence-corrected chi connectivity index (χ2v) is 5.27. The number of hydrogen-bond donors (Lipinski definition) is 1. The van der Waals surface area contributed by atoms with Crippen molar-refractivity contribution in [1.82, 2.24) is 5.32 Å². The molecule has 1 saturated heterocycles. The van der Waals surface area contributed by atoms with Crippen molar-refractivity contribution in [3.63, 3.8) is 0 Å². The van der Waals surface area contributed by atoms with E-state index < -0.39 is 0 Å². The number of piperidine rings is 1. The molecule has 0 bridgehead atoms. The van der Waals surface area contributed by atoms with E-state index in [4.69, 9.17) is 0 Å². The smallest absolute Gasteiger partial charge is 0.0220 e. The largest absolute Gasteiger partial charge is 0.316 e. The molecule has 1 atom stereocenters. The summed E-state index contributed by atoms with van der Waals surface area (Å²) in [5, 5.41) is 4.22. The summed E-state index contributed by atoms with van der Waals surface area (Å²) in [7, 11) is 0. The van der Waals surface area contributed by atoms with Crippen molar-refractivity contribution in [2.45, 2.75) is 29.9 Å². The SMILES string of the molecule is Cc1ccc(SC2CCCNC2)cc1. The third-order valence-corrected chi connectivity index (χ3v) is 3.86. The second kappa shape index (κ2) is 4.85. The van der Waals surface area contributed by atoms with E-state index in [9.17, 15) is 0 Å². The van der Waals surface area contributed by atoms with Gasteiger partial charge in [-0.1, -0.05) is 17.7 Å². The first-order valence-electron chi connectivity index (χ1n) is 5.28. The van der Waals surface area contributed by atoms with Crippen LogP contribution in [0.2, 0.25) is 0 Å². The van der Waals surface area contributed by atoms with Gasteiger partial charge in [0.25, 0.3) is 0 Å². The van der Waals surface area contributed by atoms with Gasteiger partial charge in [0, 0.05) is 16.7 Å². The highest BCUT2D eigenvalue weighted by atomic mass is 32.2. The summed E-state index contributed by atoms with van der Waals surface area (Å²) in [4.78, 5) is 1.41. The van der Waals surface area contributed by atoms with Gasteiger partial charge in [0.2, 0.25) is 0 Å². The fourth-order valence-corrected chi connectivity index (χ4v) is 2.89. The molecule has 1 fully saturated rings. The van der Waals surface area contributed by atoms with Crippen molar-refractivity contribution >= 4 is 11.8 Å². The van der Waals surface area contributed by atoms with Crippen LogP contribution < -0.4 is 5.32 Å². The molecule has 0 spiro atoms. The summed E-state index contributed by atoms with van der Waals surface area (Å²) >= 11 is 2.01. The maximum atomic E-state index is 3.45. The van der Waals surface area contributed by atoms with Crippen LogP contribution in [0.5, 0.6) is 0 Å². The van der Waals surface area contributed by atoms with Crippen LogP contribution in [-0.4, -0.2) is 18.3 Å². The number of benzene rings is 1. The van der Waals surface area contributed by atoms with E-state index in [-0.39, 0.29) is 0 Å². The van der Waals surface area contributed by atoms with Crippen molar-refractivity contribution in [3.05, 3.63) is 29.8 Å². The minimum absolute atomic E-state index is 0.770. The topological polar surface area (TPSA) is 12.0 Å². The Morgan fingerprint density at radius 1 is 1.29 bits per heavy atom. The lowest BCUT2D eigenvalue weighted by molar-refractivity contribution is 0.531.